The Kier molecular flexibility index (Phi) is 5.77. The van der Waals surface area contributed by atoms with Crippen molar-refractivity contribution >= 4 is 24.2 Å². The molecule has 0 aromatic carbocycles. The molecule has 0 aromatic heterocycles. The van der Waals surface area contributed by atoms with Crippen molar-refractivity contribution in [2.45, 2.75) is 52.2 Å². The molecule has 2 heterocycles. The first-order valence-electron chi connectivity index (χ1n) is 9.20. The SMILES string of the molecule is CC(C)C(=O)N1CCN(C(=O)C2(N)C3CCCOC3C2(C)C)CC1.Cl. The quantitative estimate of drug-likeness (QED) is 0.790. The minimum Gasteiger partial charge on any atom is -0.377 e. The number of nitrogens with two attached hydrogens (primary N) is 1. The third-order valence-corrected chi connectivity index (χ3v) is 6.41. The second-order valence-electron chi connectivity index (χ2n) is 8.40. The Bertz CT molecular complexity index is 532. The first-order chi connectivity index (χ1) is 11.2. The molecule has 0 spiro atoms. The van der Waals surface area contributed by atoms with E-state index in [0.717, 1.165) is 19.4 Å². The molecule has 6 nitrogen and oxygen atoms in total. The van der Waals surface area contributed by atoms with Crippen molar-refractivity contribution in [3.05, 3.63) is 0 Å². The molecular weight excluding hydrogens is 342 g/mol. The van der Waals surface area contributed by atoms with Gasteiger partial charge in [0.2, 0.25) is 11.8 Å². The Morgan fingerprint density at radius 2 is 1.68 bits per heavy atom. The van der Waals surface area contributed by atoms with Crippen LogP contribution in [0.15, 0.2) is 0 Å². The molecule has 3 aliphatic rings. The summed E-state index contributed by atoms with van der Waals surface area (Å²) in [7, 11) is 0. The Hall–Kier alpha value is -0.850. The van der Waals surface area contributed by atoms with Gasteiger partial charge < -0.3 is 20.3 Å². The maximum absolute atomic E-state index is 13.2. The maximum Gasteiger partial charge on any atom is 0.243 e. The summed E-state index contributed by atoms with van der Waals surface area (Å²) < 4.78 is 5.90. The van der Waals surface area contributed by atoms with Gasteiger partial charge in [0.05, 0.1) is 6.10 Å². The lowest BCUT2D eigenvalue weighted by Crippen LogP contribution is -2.82. The Labute approximate surface area is 156 Å². The lowest BCUT2D eigenvalue weighted by Gasteiger charge is -2.66. The van der Waals surface area contributed by atoms with E-state index in [1.54, 1.807) is 0 Å². The van der Waals surface area contributed by atoms with Crippen LogP contribution in [-0.4, -0.2) is 66.0 Å². The lowest BCUT2D eigenvalue weighted by atomic mass is 9.46. The first-order valence-corrected chi connectivity index (χ1v) is 9.20. The van der Waals surface area contributed by atoms with Gasteiger partial charge in [-0.25, -0.2) is 0 Å². The fourth-order valence-electron chi connectivity index (χ4n) is 4.77. The zero-order chi connectivity index (χ0) is 17.7. The molecule has 2 saturated heterocycles. The average molecular weight is 374 g/mol. The van der Waals surface area contributed by atoms with Crippen LogP contribution < -0.4 is 5.73 Å². The van der Waals surface area contributed by atoms with Crippen molar-refractivity contribution in [3.63, 3.8) is 0 Å². The summed E-state index contributed by atoms with van der Waals surface area (Å²) in [5, 5.41) is 0. The number of hydrogen-bond acceptors (Lipinski definition) is 4. The van der Waals surface area contributed by atoms with Crippen LogP contribution >= 0.6 is 12.4 Å². The van der Waals surface area contributed by atoms with Crippen LogP contribution in [0.5, 0.6) is 0 Å². The van der Waals surface area contributed by atoms with E-state index in [4.69, 9.17) is 10.5 Å². The monoisotopic (exact) mass is 373 g/mol. The molecule has 0 aromatic rings. The van der Waals surface area contributed by atoms with E-state index < -0.39 is 5.54 Å². The Morgan fingerprint density at radius 3 is 2.24 bits per heavy atom. The van der Waals surface area contributed by atoms with Crippen molar-refractivity contribution in [2.24, 2.45) is 23.0 Å². The summed E-state index contributed by atoms with van der Waals surface area (Å²) in [5.74, 6) is 0.313. The third kappa shape index (κ3) is 2.96. The van der Waals surface area contributed by atoms with Gasteiger partial charge in [-0.3, -0.25) is 9.59 Å². The zero-order valence-corrected chi connectivity index (χ0v) is 16.6. The minimum absolute atomic E-state index is 0. The van der Waals surface area contributed by atoms with Gasteiger partial charge in [-0.2, -0.15) is 0 Å². The molecular formula is C18H32ClN3O3. The molecule has 2 N–H and O–H groups in total. The van der Waals surface area contributed by atoms with Gasteiger partial charge >= 0.3 is 0 Å². The molecule has 3 rings (SSSR count). The molecule has 3 unspecified atom stereocenters. The Morgan fingerprint density at radius 1 is 1.12 bits per heavy atom. The number of fused-ring (bicyclic) bond motifs is 1. The van der Waals surface area contributed by atoms with Gasteiger partial charge in [-0.1, -0.05) is 27.7 Å². The van der Waals surface area contributed by atoms with Crippen LogP contribution in [0.1, 0.15) is 40.5 Å². The minimum atomic E-state index is -0.845. The van der Waals surface area contributed by atoms with Crippen molar-refractivity contribution in [3.8, 4) is 0 Å². The molecule has 3 fully saturated rings. The highest BCUT2D eigenvalue weighted by Crippen LogP contribution is 2.58. The van der Waals surface area contributed by atoms with Crippen LogP contribution in [0.25, 0.3) is 0 Å². The van der Waals surface area contributed by atoms with Crippen molar-refractivity contribution in [2.75, 3.05) is 32.8 Å². The van der Waals surface area contributed by atoms with Crippen molar-refractivity contribution in [1.29, 1.82) is 0 Å². The standard InChI is InChI=1S/C18H31N3O3.ClH/c1-12(2)15(22)20-7-9-21(10-8-20)16(23)18(19)13-6-5-11-24-14(13)17(18,3)4;/h12-14H,5-11,19H2,1-4H3;1H. The van der Waals surface area contributed by atoms with Crippen LogP contribution in [0, 0.1) is 17.3 Å². The molecule has 3 atom stereocenters. The van der Waals surface area contributed by atoms with E-state index in [1.807, 2.05) is 23.6 Å². The van der Waals surface area contributed by atoms with E-state index in [2.05, 4.69) is 13.8 Å². The van der Waals surface area contributed by atoms with Gasteiger partial charge in [-0.05, 0) is 12.8 Å². The van der Waals surface area contributed by atoms with Gasteiger partial charge in [0.25, 0.3) is 0 Å². The molecule has 2 aliphatic heterocycles. The first kappa shape index (κ1) is 20.5. The van der Waals surface area contributed by atoms with Crippen LogP contribution in [0.4, 0.5) is 0 Å². The highest BCUT2D eigenvalue weighted by Gasteiger charge is 2.70. The highest BCUT2D eigenvalue weighted by atomic mass is 35.5. The number of hydrogen-bond donors (Lipinski definition) is 1. The fourth-order valence-corrected chi connectivity index (χ4v) is 4.77. The topological polar surface area (TPSA) is 75.9 Å². The Balaban J connectivity index is 0.00000225. The average Bonchev–Trinajstić information content (AvgIpc) is 2.59. The number of piperazine rings is 1. The predicted molar refractivity (Wildman–Crippen MR) is 98.4 cm³/mol. The summed E-state index contributed by atoms with van der Waals surface area (Å²) in [6, 6.07) is 0. The lowest BCUT2D eigenvalue weighted by molar-refractivity contribution is -0.230. The zero-order valence-electron chi connectivity index (χ0n) is 15.8. The van der Waals surface area contributed by atoms with E-state index in [1.165, 1.54) is 0 Å². The van der Waals surface area contributed by atoms with E-state index in [-0.39, 0.29) is 47.6 Å². The molecule has 0 bridgehead atoms. The number of ether oxygens (including phenoxy) is 1. The second kappa shape index (κ2) is 7.05. The van der Waals surface area contributed by atoms with E-state index >= 15 is 0 Å². The van der Waals surface area contributed by atoms with Crippen LogP contribution in [-0.2, 0) is 14.3 Å². The second-order valence-corrected chi connectivity index (χ2v) is 8.40. The van der Waals surface area contributed by atoms with Gasteiger partial charge in [0.1, 0.15) is 5.54 Å². The van der Waals surface area contributed by atoms with Crippen LogP contribution in [0.2, 0.25) is 0 Å². The summed E-state index contributed by atoms with van der Waals surface area (Å²) in [5.41, 5.74) is 5.51. The number of rotatable bonds is 2. The largest absolute Gasteiger partial charge is 0.377 e. The number of halogens is 1. The molecule has 144 valence electrons. The van der Waals surface area contributed by atoms with Gasteiger partial charge in [-0.15, -0.1) is 12.4 Å². The van der Waals surface area contributed by atoms with Gasteiger partial charge in [0, 0.05) is 50.0 Å². The predicted octanol–water partition coefficient (Wildman–Crippen LogP) is 1.27. The van der Waals surface area contributed by atoms with Crippen molar-refractivity contribution < 1.29 is 14.3 Å². The van der Waals surface area contributed by atoms with E-state index in [0.29, 0.717) is 26.2 Å². The number of amides is 2. The summed E-state index contributed by atoms with van der Waals surface area (Å²) >= 11 is 0. The number of nitrogens with zero attached hydrogens (tertiary/aromatic N) is 2. The van der Waals surface area contributed by atoms with E-state index in [9.17, 15) is 9.59 Å². The fraction of sp³-hybridized carbons (Fsp3) is 0.889. The summed E-state index contributed by atoms with van der Waals surface area (Å²) in [6.07, 6.45) is 2.02. The van der Waals surface area contributed by atoms with Gasteiger partial charge in [0.15, 0.2) is 0 Å². The molecule has 2 amide bonds. The normalized spacial score (nSPS) is 34.0. The van der Waals surface area contributed by atoms with Crippen molar-refractivity contribution in [1.82, 2.24) is 9.80 Å². The molecule has 0 radical (unpaired) electrons. The smallest absolute Gasteiger partial charge is 0.243 e. The number of carbonyl (C=O) groups excluding carboxylic acids is 2. The molecule has 1 saturated carbocycles. The highest BCUT2D eigenvalue weighted by molar-refractivity contribution is 5.90. The molecule has 25 heavy (non-hydrogen) atoms. The van der Waals surface area contributed by atoms with Crippen LogP contribution in [0.3, 0.4) is 0 Å². The number of carbonyl (C=O) groups is 2. The summed E-state index contributed by atoms with van der Waals surface area (Å²) in [4.78, 5) is 29.1. The molecule has 1 aliphatic carbocycles. The molecule has 7 heteroatoms. The third-order valence-electron chi connectivity index (χ3n) is 6.41. The maximum atomic E-state index is 13.2. The summed E-state index contributed by atoms with van der Waals surface area (Å²) in [6.45, 7) is 11.0.